The van der Waals surface area contributed by atoms with Crippen LogP contribution in [0.5, 0.6) is 0 Å². The summed E-state index contributed by atoms with van der Waals surface area (Å²) < 4.78 is 28.3. The Morgan fingerprint density at radius 1 is 1.21 bits per heavy atom. The Morgan fingerprint density at radius 3 is 2.46 bits per heavy atom. The Balaban J connectivity index is 1.71. The van der Waals surface area contributed by atoms with E-state index in [-0.39, 0.29) is 11.9 Å². The molecule has 0 bridgehead atoms. The Hall–Kier alpha value is -2.19. The normalized spacial score (nSPS) is 17.5. The molecule has 0 aliphatic carbocycles. The van der Waals surface area contributed by atoms with Gasteiger partial charge in [-0.25, -0.2) is 13.4 Å². The van der Waals surface area contributed by atoms with E-state index in [9.17, 15) is 13.2 Å². The number of carbonyl (C=O) groups is 1. The second-order valence-corrected chi connectivity index (χ2v) is 9.55. The zero-order chi connectivity index (χ0) is 20.5. The smallest absolute Gasteiger partial charge is 0.253 e. The van der Waals surface area contributed by atoms with Gasteiger partial charge in [0.2, 0.25) is 10.0 Å². The maximum Gasteiger partial charge on any atom is 0.253 e. The van der Waals surface area contributed by atoms with Gasteiger partial charge in [-0.3, -0.25) is 4.79 Å². The fourth-order valence-electron chi connectivity index (χ4n) is 3.91. The molecule has 1 aliphatic rings. The van der Waals surface area contributed by atoms with Crippen LogP contribution in [0.25, 0.3) is 0 Å². The van der Waals surface area contributed by atoms with Gasteiger partial charge in [0.05, 0.1) is 6.26 Å². The molecule has 0 spiro atoms. The quantitative estimate of drug-likeness (QED) is 0.738. The molecule has 1 aliphatic heterocycles. The van der Waals surface area contributed by atoms with Crippen molar-refractivity contribution < 1.29 is 13.2 Å². The Labute approximate surface area is 167 Å². The minimum absolute atomic E-state index is 0.0341. The van der Waals surface area contributed by atoms with Crippen molar-refractivity contribution in [3.63, 3.8) is 0 Å². The van der Waals surface area contributed by atoms with Crippen LogP contribution in [0.4, 0.5) is 0 Å². The molecule has 0 saturated carbocycles. The number of carbonyl (C=O) groups excluding carboxylic acids is 1. The highest BCUT2D eigenvalue weighted by atomic mass is 32.2. The van der Waals surface area contributed by atoms with E-state index in [4.69, 9.17) is 0 Å². The van der Waals surface area contributed by atoms with Gasteiger partial charge in [0, 0.05) is 50.2 Å². The number of likely N-dealkylation sites (tertiary alicyclic amines) is 1. The number of rotatable bonds is 6. The molecule has 2 heterocycles. The molecular formula is C20H28N4O3S. The monoisotopic (exact) mass is 404 g/mol. The van der Waals surface area contributed by atoms with E-state index in [2.05, 4.69) is 4.98 Å². The van der Waals surface area contributed by atoms with E-state index in [0.717, 1.165) is 17.0 Å². The van der Waals surface area contributed by atoms with Crippen LogP contribution in [0.3, 0.4) is 0 Å². The highest BCUT2D eigenvalue weighted by Gasteiger charge is 2.35. The second-order valence-electron chi connectivity index (χ2n) is 7.61. The van der Waals surface area contributed by atoms with Crippen LogP contribution < -0.4 is 0 Å². The van der Waals surface area contributed by atoms with Gasteiger partial charge in [0.25, 0.3) is 5.91 Å². The van der Waals surface area contributed by atoms with Crippen molar-refractivity contribution in [1.29, 1.82) is 0 Å². The third kappa shape index (κ3) is 4.62. The largest absolute Gasteiger partial charge is 0.337 e. The molecule has 28 heavy (non-hydrogen) atoms. The average molecular weight is 405 g/mol. The average Bonchev–Trinajstić information content (AvgIpc) is 3.22. The molecule has 1 saturated heterocycles. The molecule has 1 fully saturated rings. The van der Waals surface area contributed by atoms with Crippen LogP contribution >= 0.6 is 0 Å². The summed E-state index contributed by atoms with van der Waals surface area (Å²) in [5.74, 6) is 0.819. The van der Waals surface area contributed by atoms with E-state index in [0.29, 0.717) is 38.2 Å². The Kier molecular flexibility index (Phi) is 5.90. The van der Waals surface area contributed by atoms with E-state index in [1.807, 2.05) is 49.7 Å². The van der Waals surface area contributed by atoms with Crippen LogP contribution in [0, 0.1) is 20.8 Å². The summed E-state index contributed by atoms with van der Waals surface area (Å²) in [6.45, 7) is 7.73. The van der Waals surface area contributed by atoms with E-state index in [1.165, 1.54) is 10.6 Å². The van der Waals surface area contributed by atoms with Gasteiger partial charge in [-0.15, -0.1) is 0 Å². The summed E-state index contributed by atoms with van der Waals surface area (Å²) >= 11 is 0. The van der Waals surface area contributed by atoms with Crippen molar-refractivity contribution in [3.05, 3.63) is 53.1 Å². The van der Waals surface area contributed by atoms with Crippen molar-refractivity contribution >= 4 is 15.9 Å². The molecule has 152 valence electrons. The van der Waals surface area contributed by atoms with Crippen LogP contribution in [0.15, 0.2) is 30.6 Å². The third-order valence-electron chi connectivity index (χ3n) is 5.24. The summed E-state index contributed by atoms with van der Waals surface area (Å²) in [4.78, 5) is 18.8. The molecule has 7 nitrogen and oxygen atoms in total. The first-order valence-corrected chi connectivity index (χ1v) is 11.3. The van der Waals surface area contributed by atoms with Crippen LogP contribution in [-0.2, 0) is 16.6 Å². The number of imidazole rings is 1. The van der Waals surface area contributed by atoms with Gasteiger partial charge < -0.3 is 9.47 Å². The highest BCUT2D eigenvalue weighted by Crippen LogP contribution is 2.21. The molecule has 0 radical (unpaired) electrons. The van der Waals surface area contributed by atoms with Gasteiger partial charge >= 0.3 is 0 Å². The van der Waals surface area contributed by atoms with Crippen LogP contribution in [-0.4, -0.2) is 65.0 Å². The lowest BCUT2D eigenvalue weighted by atomic mass is 10.1. The zero-order valence-electron chi connectivity index (χ0n) is 16.9. The maximum absolute atomic E-state index is 12.9. The summed E-state index contributed by atoms with van der Waals surface area (Å²) in [5.41, 5.74) is 2.76. The van der Waals surface area contributed by atoms with Crippen molar-refractivity contribution in [2.24, 2.45) is 0 Å². The molecule has 1 unspecified atom stereocenters. The number of nitrogens with zero attached hydrogens (tertiary/aromatic N) is 4. The maximum atomic E-state index is 12.9. The highest BCUT2D eigenvalue weighted by molar-refractivity contribution is 7.88. The van der Waals surface area contributed by atoms with Gasteiger partial charge in [0.15, 0.2) is 0 Å². The third-order valence-corrected chi connectivity index (χ3v) is 6.57. The van der Waals surface area contributed by atoms with Crippen LogP contribution in [0.1, 0.15) is 33.7 Å². The predicted octanol–water partition coefficient (Wildman–Crippen LogP) is 1.98. The van der Waals surface area contributed by atoms with Crippen molar-refractivity contribution in [3.8, 4) is 0 Å². The van der Waals surface area contributed by atoms with E-state index in [1.54, 1.807) is 11.1 Å². The fourth-order valence-corrected chi connectivity index (χ4v) is 5.03. The first-order valence-electron chi connectivity index (χ1n) is 9.47. The standard InChI is InChI=1S/C20H28N4O3S/c1-15-11-16(2)13-18(12-15)20(25)23-7-5-19(14-23)24(28(4,26)27)10-9-22-8-6-21-17(22)3/h6,8,11-13,19H,5,7,9-10,14H2,1-4H3. The van der Waals surface area contributed by atoms with Gasteiger partial charge in [-0.2, -0.15) is 4.31 Å². The molecular weight excluding hydrogens is 376 g/mol. The first-order chi connectivity index (χ1) is 13.1. The van der Waals surface area contributed by atoms with E-state index >= 15 is 0 Å². The van der Waals surface area contributed by atoms with Gasteiger partial charge in [-0.1, -0.05) is 17.2 Å². The summed E-state index contributed by atoms with van der Waals surface area (Å²) in [6.07, 6.45) is 5.44. The van der Waals surface area contributed by atoms with Crippen molar-refractivity contribution in [2.75, 3.05) is 25.9 Å². The lowest BCUT2D eigenvalue weighted by Crippen LogP contribution is -2.43. The second kappa shape index (κ2) is 8.05. The molecule has 3 rings (SSSR count). The number of aryl methyl sites for hydroxylation is 3. The molecule has 1 aromatic carbocycles. The molecule has 1 atom stereocenters. The molecule has 0 N–H and O–H groups in total. The lowest BCUT2D eigenvalue weighted by Gasteiger charge is -2.27. The van der Waals surface area contributed by atoms with Crippen molar-refractivity contribution in [1.82, 2.24) is 18.8 Å². The topological polar surface area (TPSA) is 75.5 Å². The van der Waals surface area contributed by atoms with Crippen LogP contribution in [0.2, 0.25) is 0 Å². The fraction of sp³-hybridized carbons (Fsp3) is 0.500. The van der Waals surface area contributed by atoms with Gasteiger partial charge in [0.1, 0.15) is 5.82 Å². The minimum atomic E-state index is -3.38. The number of amides is 1. The molecule has 1 aromatic heterocycles. The number of benzene rings is 1. The van der Waals surface area contributed by atoms with Crippen molar-refractivity contribution in [2.45, 2.75) is 39.8 Å². The Morgan fingerprint density at radius 2 is 1.89 bits per heavy atom. The molecule has 2 aromatic rings. The lowest BCUT2D eigenvalue weighted by molar-refractivity contribution is 0.0784. The number of hydrogen-bond donors (Lipinski definition) is 0. The van der Waals surface area contributed by atoms with E-state index < -0.39 is 10.0 Å². The number of sulfonamides is 1. The minimum Gasteiger partial charge on any atom is -0.337 e. The number of hydrogen-bond acceptors (Lipinski definition) is 4. The zero-order valence-corrected chi connectivity index (χ0v) is 17.7. The molecule has 8 heteroatoms. The Bertz CT molecular complexity index is 947. The van der Waals surface area contributed by atoms with Gasteiger partial charge in [-0.05, 0) is 39.3 Å². The summed E-state index contributed by atoms with van der Waals surface area (Å²) in [5, 5.41) is 0. The summed E-state index contributed by atoms with van der Waals surface area (Å²) in [6, 6.07) is 5.61. The summed E-state index contributed by atoms with van der Waals surface area (Å²) in [7, 11) is -3.38. The predicted molar refractivity (Wildman–Crippen MR) is 109 cm³/mol. The first kappa shape index (κ1) is 20.5. The SMILES string of the molecule is Cc1cc(C)cc(C(=O)N2CCC(N(CCn3ccnc3C)S(C)(=O)=O)C2)c1. The number of aromatic nitrogens is 2. The molecule has 1 amide bonds.